The minimum Gasteiger partial charge on any atom is -0.497 e. The van der Waals surface area contributed by atoms with Gasteiger partial charge in [0.1, 0.15) is 16.7 Å². The Morgan fingerprint density at radius 1 is 1.08 bits per heavy atom. The Bertz CT molecular complexity index is 1330. The van der Waals surface area contributed by atoms with Crippen molar-refractivity contribution < 1.29 is 19.1 Å². The maximum Gasteiger partial charge on any atom is 0.273 e. The van der Waals surface area contributed by atoms with Crippen molar-refractivity contribution in [2.75, 3.05) is 17.7 Å². The van der Waals surface area contributed by atoms with Crippen LogP contribution in [0.3, 0.4) is 0 Å². The molecule has 0 spiro atoms. The number of rotatable bonds is 8. The maximum absolute atomic E-state index is 14.2. The van der Waals surface area contributed by atoms with Gasteiger partial charge < -0.3 is 21.5 Å². The van der Waals surface area contributed by atoms with E-state index in [0.29, 0.717) is 17.0 Å². The smallest absolute Gasteiger partial charge is 0.273 e. The van der Waals surface area contributed by atoms with Crippen molar-refractivity contribution in [3.63, 3.8) is 0 Å². The molecule has 1 aromatic heterocycles. The first kappa shape index (κ1) is 27.1. The van der Waals surface area contributed by atoms with Gasteiger partial charge in [0.05, 0.1) is 12.8 Å². The third-order valence-electron chi connectivity index (χ3n) is 6.88. The van der Waals surface area contributed by atoms with E-state index in [4.69, 9.17) is 16.2 Å². The Kier molecular flexibility index (Phi) is 8.31. The summed E-state index contributed by atoms with van der Waals surface area (Å²) in [6, 6.07) is 11.7. The number of benzene rings is 2. The first-order valence-corrected chi connectivity index (χ1v) is 13.4. The predicted octanol–water partition coefficient (Wildman–Crippen LogP) is 4.29. The van der Waals surface area contributed by atoms with Crippen LogP contribution in [-0.2, 0) is 4.79 Å². The molecule has 0 saturated heterocycles. The zero-order chi connectivity index (χ0) is 27.4. The van der Waals surface area contributed by atoms with Crippen LogP contribution in [-0.4, -0.2) is 35.2 Å². The van der Waals surface area contributed by atoms with Crippen LogP contribution in [0.4, 0.5) is 11.4 Å². The van der Waals surface area contributed by atoms with Crippen LogP contribution in [0, 0.1) is 13.8 Å². The van der Waals surface area contributed by atoms with Crippen molar-refractivity contribution in [3.05, 3.63) is 69.7 Å². The van der Waals surface area contributed by atoms with Gasteiger partial charge in [-0.3, -0.25) is 19.3 Å². The third-order valence-corrected chi connectivity index (χ3v) is 7.73. The topological polar surface area (TPSA) is 141 Å². The highest BCUT2D eigenvalue weighted by Gasteiger charge is 2.37. The molecule has 1 unspecified atom stereocenters. The summed E-state index contributed by atoms with van der Waals surface area (Å²) in [4.78, 5) is 41.6. The maximum atomic E-state index is 14.2. The molecule has 4 rings (SSSR count). The summed E-state index contributed by atoms with van der Waals surface area (Å²) < 4.78 is 9.34. The van der Waals surface area contributed by atoms with Crippen molar-refractivity contribution in [1.82, 2.24) is 9.69 Å². The zero-order valence-corrected chi connectivity index (χ0v) is 22.6. The summed E-state index contributed by atoms with van der Waals surface area (Å²) >= 11 is 0.792. The first-order chi connectivity index (χ1) is 18.2. The van der Waals surface area contributed by atoms with Crippen molar-refractivity contribution in [2.45, 2.75) is 58.0 Å². The molecule has 5 N–H and O–H groups in total. The van der Waals surface area contributed by atoms with Crippen molar-refractivity contribution in [1.29, 1.82) is 0 Å². The second-order valence-corrected chi connectivity index (χ2v) is 10.4. The molecule has 0 bridgehead atoms. The molecule has 1 saturated carbocycles. The number of nitrogen functional groups attached to an aromatic ring is 1. The minimum absolute atomic E-state index is 0.0306. The molecule has 0 radical (unpaired) electrons. The summed E-state index contributed by atoms with van der Waals surface area (Å²) in [5.41, 5.74) is 14.3. The lowest BCUT2D eigenvalue weighted by Crippen LogP contribution is -2.47. The number of aryl methyl sites for hydroxylation is 2. The normalized spacial score (nSPS) is 14.5. The zero-order valence-electron chi connectivity index (χ0n) is 21.8. The SMILES string of the molecule is COc1ccc(C(C(=O)NC2CCCCC2)N(C(=O)c2snc(C(N)=O)c2N)c2ccc(C)cc2C)cc1. The lowest BCUT2D eigenvalue weighted by molar-refractivity contribution is -0.123. The molecule has 1 fully saturated rings. The van der Waals surface area contributed by atoms with Crippen LogP contribution >= 0.6 is 11.5 Å². The number of methoxy groups -OCH3 is 1. The number of carbonyl (C=O) groups excluding carboxylic acids is 3. The molecule has 2 aromatic carbocycles. The summed E-state index contributed by atoms with van der Waals surface area (Å²) in [6.07, 6.45) is 5.02. The number of nitrogens with two attached hydrogens (primary N) is 2. The second-order valence-electron chi connectivity index (χ2n) is 9.62. The van der Waals surface area contributed by atoms with Gasteiger partial charge in [0.2, 0.25) is 5.91 Å². The van der Waals surface area contributed by atoms with E-state index < -0.39 is 17.9 Å². The minimum atomic E-state index is -1.02. The predicted molar refractivity (Wildman–Crippen MR) is 149 cm³/mol. The summed E-state index contributed by atoms with van der Waals surface area (Å²) in [5, 5.41) is 3.19. The molecule has 10 heteroatoms. The lowest BCUT2D eigenvalue weighted by Gasteiger charge is -2.34. The van der Waals surface area contributed by atoms with Gasteiger partial charge in [-0.05, 0) is 67.5 Å². The summed E-state index contributed by atoms with van der Waals surface area (Å²) in [6.45, 7) is 3.84. The van der Waals surface area contributed by atoms with E-state index in [2.05, 4.69) is 9.69 Å². The summed E-state index contributed by atoms with van der Waals surface area (Å²) in [5.74, 6) is -1.03. The molecule has 9 nitrogen and oxygen atoms in total. The average Bonchev–Trinajstić information content (AvgIpc) is 3.29. The van der Waals surface area contributed by atoms with Gasteiger partial charge in [-0.25, -0.2) is 0 Å². The van der Waals surface area contributed by atoms with E-state index in [9.17, 15) is 14.4 Å². The van der Waals surface area contributed by atoms with Crippen LogP contribution in [0.1, 0.15) is 75.0 Å². The fourth-order valence-electron chi connectivity index (χ4n) is 4.91. The molecule has 3 amide bonds. The number of primary amides is 1. The number of hydrogen-bond donors (Lipinski definition) is 3. The Hall–Kier alpha value is -3.92. The molecular weight excluding hydrogens is 502 g/mol. The number of carbonyl (C=O) groups is 3. The number of hydrogen-bond acceptors (Lipinski definition) is 7. The van der Waals surface area contributed by atoms with Gasteiger partial charge in [0.15, 0.2) is 5.69 Å². The largest absolute Gasteiger partial charge is 0.497 e. The molecule has 1 atom stereocenters. The summed E-state index contributed by atoms with van der Waals surface area (Å²) in [7, 11) is 1.57. The Labute approximate surface area is 226 Å². The quantitative estimate of drug-likeness (QED) is 0.393. The molecule has 1 heterocycles. The molecule has 1 aliphatic carbocycles. The first-order valence-electron chi connectivity index (χ1n) is 12.6. The fourth-order valence-corrected chi connectivity index (χ4v) is 5.65. The van der Waals surface area contributed by atoms with Gasteiger partial charge in [0, 0.05) is 11.7 Å². The number of nitrogens with zero attached hydrogens (tertiary/aromatic N) is 2. The third kappa shape index (κ3) is 5.65. The average molecular weight is 536 g/mol. The molecule has 1 aliphatic rings. The van der Waals surface area contributed by atoms with E-state index in [1.165, 1.54) is 4.90 Å². The van der Waals surface area contributed by atoms with E-state index in [0.717, 1.165) is 54.8 Å². The van der Waals surface area contributed by atoms with Crippen LogP contribution in [0.15, 0.2) is 42.5 Å². The van der Waals surface area contributed by atoms with E-state index >= 15 is 0 Å². The molecule has 0 aliphatic heterocycles. The number of nitrogens with one attached hydrogen (secondary N) is 1. The standard InChI is InChI=1S/C28H33N5O4S/c1-16-9-14-21(17(2)15-16)33(28(36)25-22(29)23(26(30)34)32-38-25)24(18-10-12-20(37-3)13-11-18)27(35)31-19-7-5-4-6-8-19/h9-15,19,24H,4-8,29H2,1-3H3,(H2,30,34)(H,31,35). The lowest BCUT2D eigenvalue weighted by atomic mass is 9.94. The van der Waals surface area contributed by atoms with Gasteiger partial charge in [-0.1, -0.05) is 49.1 Å². The van der Waals surface area contributed by atoms with Crippen molar-refractivity contribution in [2.24, 2.45) is 5.73 Å². The van der Waals surface area contributed by atoms with Crippen molar-refractivity contribution in [3.8, 4) is 5.75 Å². The van der Waals surface area contributed by atoms with Crippen LogP contribution in [0.5, 0.6) is 5.75 Å². The van der Waals surface area contributed by atoms with E-state index in [1.807, 2.05) is 32.0 Å². The van der Waals surface area contributed by atoms with Crippen LogP contribution in [0.2, 0.25) is 0 Å². The fraction of sp³-hybridized carbons (Fsp3) is 0.357. The number of aromatic nitrogens is 1. The Balaban J connectivity index is 1.87. The molecular formula is C28H33N5O4S. The van der Waals surface area contributed by atoms with Crippen molar-refractivity contribution >= 4 is 40.6 Å². The number of ether oxygens (including phenoxy) is 1. The second kappa shape index (κ2) is 11.6. The van der Waals surface area contributed by atoms with E-state index in [-0.39, 0.29) is 28.2 Å². The molecule has 200 valence electrons. The van der Waals surface area contributed by atoms with Crippen LogP contribution in [0.25, 0.3) is 0 Å². The Morgan fingerprint density at radius 2 is 1.76 bits per heavy atom. The highest BCUT2D eigenvalue weighted by Crippen LogP contribution is 2.36. The van der Waals surface area contributed by atoms with Gasteiger partial charge in [0.25, 0.3) is 11.8 Å². The Morgan fingerprint density at radius 3 is 2.34 bits per heavy atom. The highest BCUT2D eigenvalue weighted by atomic mass is 32.1. The molecule has 3 aromatic rings. The van der Waals surface area contributed by atoms with E-state index in [1.54, 1.807) is 31.4 Å². The van der Waals surface area contributed by atoms with Gasteiger partial charge in [-0.2, -0.15) is 4.37 Å². The van der Waals surface area contributed by atoms with Gasteiger partial charge >= 0.3 is 0 Å². The molecule has 38 heavy (non-hydrogen) atoms. The van der Waals surface area contributed by atoms with Crippen LogP contribution < -0.4 is 26.4 Å². The highest BCUT2D eigenvalue weighted by molar-refractivity contribution is 7.09. The van der Waals surface area contributed by atoms with Gasteiger partial charge in [-0.15, -0.1) is 0 Å². The number of amides is 3. The number of anilines is 2. The monoisotopic (exact) mass is 535 g/mol.